The number of hydrogen-bond acceptors (Lipinski definition) is 8. The molecule has 0 saturated carbocycles. The van der Waals surface area contributed by atoms with Crippen molar-refractivity contribution < 1.29 is 22.7 Å². The minimum absolute atomic E-state index is 0.0521. The maximum atomic E-state index is 13.2. The smallest absolute Gasteiger partial charge is 0.246 e. The van der Waals surface area contributed by atoms with Gasteiger partial charge in [-0.2, -0.15) is 4.31 Å². The van der Waals surface area contributed by atoms with Crippen molar-refractivity contribution in [3.8, 4) is 0 Å². The van der Waals surface area contributed by atoms with Crippen LogP contribution in [0.3, 0.4) is 0 Å². The Bertz CT molecular complexity index is 1280. The Morgan fingerprint density at radius 2 is 1.68 bits per heavy atom. The molecule has 180 valence electrons. The van der Waals surface area contributed by atoms with Crippen LogP contribution in [0.5, 0.6) is 0 Å². The van der Waals surface area contributed by atoms with Crippen LogP contribution in [0.1, 0.15) is 0 Å². The molecule has 0 aliphatic carbocycles. The highest BCUT2D eigenvalue weighted by molar-refractivity contribution is 7.89. The minimum atomic E-state index is -3.72. The number of nitrogens with one attached hydrogen (secondary N) is 1. The lowest BCUT2D eigenvalue weighted by Crippen LogP contribution is -2.40. The molecule has 12 heteroatoms. The number of nitrogens with zero attached hydrogens (tertiary/aromatic N) is 5. The van der Waals surface area contributed by atoms with Crippen molar-refractivity contribution in [3.05, 3.63) is 42.5 Å². The number of para-hydroxylation sites is 1. The van der Waals surface area contributed by atoms with Gasteiger partial charge < -0.3 is 19.7 Å². The number of sulfonamides is 1. The molecule has 1 aromatic heterocycles. The summed E-state index contributed by atoms with van der Waals surface area (Å²) in [5, 5.41) is 11.1. The van der Waals surface area contributed by atoms with E-state index in [1.807, 2.05) is 24.3 Å². The zero-order valence-corrected chi connectivity index (χ0v) is 19.4. The molecule has 11 nitrogen and oxygen atoms in total. The predicted octanol–water partition coefficient (Wildman–Crippen LogP) is 0.927. The third kappa shape index (κ3) is 4.62. The fraction of sp³-hybridized carbons (Fsp3) is 0.409. The summed E-state index contributed by atoms with van der Waals surface area (Å²) in [5.41, 5.74) is 2.63. The molecule has 0 bridgehead atoms. The first-order valence-corrected chi connectivity index (χ1v) is 12.6. The number of aromatic nitrogens is 3. The average Bonchev–Trinajstić information content (AvgIpc) is 3.27. The highest BCUT2D eigenvalue weighted by Gasteiger charge is 2.28. The van der Waals surface area contributed by atoms with Crippen molar-refractivity contribution in [2.45, 2.75) is 11.4 Å². The van der Waals surface area contributed by atoms with Gasteiger partial charge in [-0.3, -0.25) is 4.79 Å². The van der Waals surface area contributed by atoms with Gasteiger partial charge in [-0.1, -0.05) is 17.3 Å². The van der Waals surface area contributed by atoms with Crippen LogP contribution in [0, 0.1) is 0 Å². The van der Waals surface area contributed by atoms with Crippen LogP contribution in [-0.4, -0.2) is 86.2 Å². The monoisotopic (exact) mass is 486 g/mol. The van der Waals surface area contributed by atoms with Crippen LogP contribution >= 0.6 is 0 Å². The summed E-state index contributed by atoms with van der Waals surface area (Å²) >= 11 is 0. The number of rotatable bonds is 6. The number of morpholine rings is 2. The van der Waals surface area contributed by atoms with Gasteiger partial charge in [0.05, 0.1) is 48.2 Å². The van der Waals surface area contributed by atoms with E-state index in [0.717, 1.165) is 11.2 Å². The van der Waals surface area contributed by atoms with E-state index in [2.05, 4.69) is 20.5 Å². The molecule has 0 radical (unpaired) electrons. The standard InChI is InChI=1S/C22H26N6O5S/c29-22(16-28-21-4-2-1-3-18(21)24-25-28)23-19-15-17(34(30,31)27-9-13-33-14-10-27)5-6-20(19)26-7-11-32-12-8-26/h1-6,15H,7-14,16H2,(H,23,29). The second-order valence-corrected chi connectivity index (χ2v) is 10.0. The molecule has 1 amide bonds. The molecule has 2 aliphatic rings. The van der Waals surface area contributed by atoms with Crippen LogP contribution in [-0.2, 0) is 30.8 Å². The van der Waals surface area contributed by atoms with Gasteiger partial charge >= 0.3 is 0 Å². The van der Waals surface area contributed by atoms with Gasteiger partial charge in [0.2, 0.25) is 15.9 Å². The minimum Gasteiger partial charge on any atom is -0.379 e. The summed E-state index contributed by atoms with van der Waals surface area (Å²) in [6.07, 6.45) is 0. The second-order valence-electron chi connectivity index (χ2n) is 8.08. The molecule has 34 heavy (non-hydrogen) atoms. The number of hydrogen-bond donors (Lipinski definition) is 1. The van der Waals surface area contributed by atoms with E-state index in [1.165, 1.54) is 15.1 Å². The Morgan fingerprint density at radius 3 is 2.44 bits per heavy atom. The Balaban J connectivity index is 1.44. The lowest BCUT2D eigenvalue weighted by Gasteiger charge is -2.31. The molecular formula is C22H26N6O5S. The Hall–Kier alpha value is -3.06. The normalized spacial score (nSPS) is 17.7. The molecule has 0 spiro atoms. The number of carbonyl (C=O) groups is 1. The molecule has 3 heterocycles. The summed E-state index contributed by atoms with van der Waals surface area (Å²) in [6, 6.07) is 12.3. The van der Waals surface area contributed by atoms with E-state index in [0.29, 0.717) is 63.8 Å². The van der Waals surface area contributed by atoms with Gasteiger partial charge in [0.1, 0.15) is 12.1 Å². The molecule has 2 aromatic carbocycles. The van der Waals surface area contributed by atoms with Crippen molar-refractivity contribution in [3.63, 3.8) is 0 Å². The lowest BCUT2D eigenvalue weighted by atomic mass is 10.2. The van der Waals surface area contributed by atoms with Gasteiger partial charge in [-0.25, -0.2) is 13.1 Å². The topological polar surface area (TPSA) is 119 Å². The SMILES string of the molecule is O=C(Cn1nnc2ccccc21)Nc1cc(S(=O)(=O)N2CCOCC2)ccc1N1CCOCC1. The highest BCUT2D eigenvalue weighted by atomic mass is 32.2. The molecule has 3 aromatic rings. The van der Waals surface area contributed by atoms with Crippen molar-refractivity contribution in [1.82, 2.24) is 19.3 Å². The molecule has 5 rings (SSSR count). The maximum Gasteiger partial charge on any atom is 0.246 e. The van der Waals surface area contributed by atoms with Crippen LogP contribution < -0.4 is 10.2 Å². The summed E-state index contributed by atoms with van der Waals surface area (Å²) in [4.78, 5) is 15.2. The summed E-state index contributed by atoms with van der Waals surface area (Å²) < 4.78 is 40.1. The Kier molecular flexibility index (Phi) is 6.46. The van der Waals surface area contributed by atoms with Crippen LogP contribution in [0.2, 0.25) is 0 Å². The predicted molar refractivity (Wildman–Crippen MR) is 125 cm³/mol. The third-order valence-electron chi connectivity index (χ3n) is 5.92. The third-order valence-corrected chi connectivity index (χ3v) is 7.81. The largest absolute Gasteiger partial charge is 0.379 e. The first-order chi connectivity index (χ1) is 16.5. The van der Waals surface area contributed by atoms with E-state index in [9.17, 15) is 13.2 Å². The lowest BCUT2D eigenvalue weighted by molar-refractivity contribution is -0.116. The maximum absolute atomic E-state index is 13.2. The van der Waals surface area contributed by atoms with E-state index < -0.39 is 10.0 Å². The molecular weight excluding hydrogens is 460 g/mol. The number of amides is 1. The van der Waals surface area contributed by atoms with E-state index in [-0.39, 0.29) is 17.3 Å². The number of ether oxygens (including phenoxy) is 2. The second kappa shape index (κ2) is 9.66. The highest BCUT2D eigenvalue weighted by Crippen LogP contribution is 2.31. The van der Waals surface area contributed by atoms with Crippen LogP contribution in [0.15, 0.2) is 47.4 Å². The number of benzene rings is 2. The number of carbonyl (C=O) groups excluding carboxylic acids is 1. The van der Waals surface area contributed by atoms with Gasteiger partial charge in [-0.15, -0.1) is 5.10 Å². The zero-order valence-electron chi connectivity index (χ0n) is 18.6. The Morgan fingerprint density at radius 1 is 0.971 bits per heavy atom. The van der Waals surface area contributed by atoms with E-state index in [4.69, 9.17) is 9.47 Å². The van der Waals surface area contributed by atoms with E-state index in [1.54, 1.807) is 12.1 Å². The summed E-state index contributed by atoms with van der Waals surface area (Å²) in [7, 11) is -3.72. The fourth-order valence-electron chi connectivity index (χ4n) is 4.15. The summed E-state index contributed by atoms with van der Waals surface area (Å²) in [6.45, 7) is 3.68. The number of fused-ring (bicyclic) bond motifs is 1. The van der Waals surface area contributed by atoms with E-state index >= 15 is 0 Å². The quantitative estimate of drug-likeness (QED) is 0.547. The van der Waals surface area contributed by atoms with Gasteiger partial charge in [0.25, 0.3) is 0 Å². The van der Waals surface area contributed by atoms with Gasteiger partial charge in [-0.05, 0) is 30.3 Å². The molecule has 1 N–H and O–H groups in total. The molecule has 0 unspecified atom stereocenters. The molecule has 2 fully saturated rings. The van der Waals surface area contributed by atoms with Crippen LogP contribution in [0.4, 0.5) is 11.4 Å². The van der Waals surface area contributed by atoms with Crippen molar-refractivity contribution in [1.29, 1.82) is 0 Å². The Labute approximate surface area is 197 Å². The number of anilines is 2. The first-order valence-electron chi connectivity index (χ1n) is 11.1. The molecule has 2 aliphatic heterocycles. The van der Waals surface area contributed by atoms with Crippen molar-refractivity contribution in [2.24, 2.45) is 0 Å². The van der Waals surface area contributed by atoms with Gasteiger partial charge in [0.15, 0.2) is 0 Å². The van der Waals surface area contributed by atoms with Crippen molar-refractivity contribution in [2.75, 3.05) is 62.8 Å². The molecule has 2 saturated heterocycles. The first kappa shape index (κ1) is 22.7. The van der Waals surface area contributed by atoms with Crippen LogP contribution in [0.25, 0.3) is 11.0 Å². The van der Waals surface area contributed by atoms with Crippen molar-refractivity contribution >= 4 is 38.3 Å². The zero-order chi connectivity index (χ0) is 23.5. The average molecular weight is 487 g/mol. The van der Waals surface area contributed by atoms with Gasteiger partial charge in [0, 0.05) is 26.2 Å². The summed E-state index contributed by atoms with van der Waals surface area (Å²) in [5.74, 6) is -0.328. The fourth-order valence-corrected chi connectivity index (χ4v) is 5.59. The molecule has 0 atom stereocenters.